The van der Waals surface area contributed by atoms with Crippen LogP contribution in [0.25, 0.3) is 0 Å². The van der Waals surface area contributed by atoms with Crippen molar-refractivity contribution in [1.29, 1.82) is 0 Å². The third-order valence-corrected chi connectivity index (χ3v) is 2.93. The topological polar surface area (TPSA) is 20.2 Å². The van der Waals surface area contributed by atoms with E-state index in [4.69, 9.17) is 5.11 Å². The summed E-state index contributed by atoms with van der Waals surface area (Å²) in [5.74, 6) is 0.929. The summed E-state index contributed by atoms with van der Waals surface area (Å²) < 4.78 is 0. The molecule has 0 heterocycles. The molecule has 0 fully saturated rings. The molecule has 1 unspecified atom stereocenters. The van der Waals surface area contributed by atoms with Crippen LogP contribution in [-0.4, -0.2) is 11.7 Å². The number of rotatable bonds is 10. The molecule has 0 saturated heterocycles. The maximum atomic E-state index is 8.72. The van der Waals surface area contributed by atoms with Gasteiger partial charge in [-0.25, -0.2) is 0 Å². The monoisotopic (exact) mass is 200 g/mol. The van der Waals surface area contributed by atoms with Crippen molar-refractivity contribution in [2.24, 2.45) is 5.92 Å². The lowest BCUT2D eigenvalue weighted by Crippen LogP contribution is -2.01. The molecular formula is C13H28O. The lowest BCUT2D eigenvalue weighted by Gasteiger charge is -2.15. The molecule has 0 aromatic carbocycles. The van der Waals surface area contributed by atoms with E-state index >= 15 is 0 Å². The van der Waals surface area contributed by atoms with Crippen LogP contribution < -0.4 is 0 Å². The number of unbranched alkanes of at least 4 members (excludes halogenated alkanes) is 3. The van der Waals surface area contributed by atoms with E-state index in [2.05, 4.69) is 13.8 Å². The fraction of sp³-hybridized carbons (Fsp3) is 1.00. The molecule has 1 heteroatoms. The predicted octanol–water partition coefficient (Wildman–Crippen LogP) is 4.15. The lowest BCUT2D eigenvalue weighted by atomic mass is 9.91. The molecule has 1 nitrogen and oxygen atoms in total. The van der Waals surface area contributed by atoms with Gasteiger partial charge in [0.2, 0.25) is 0 Å². The van der Waals surface area contributed by atoms with Crippen LogP contribution in [-0.2, 0) is 0 Å². The second kappa shape index (κ2) is 11.0. The standard InChI is InChI=1S/C13H28O/c1-3-5-6-10-13(9-4-2)11-7-8-12-14/h13-14H,3-12H2,1-2H3. The predicted molar refractivity (Wildman–Crippen MR) is 63.5 cm³/mol. The zero-order valence-electron chi connectivity index (χ0n) is 10.1. The first-order valence-electron chi connectivity index (χ1n) is 6.46. The van der Waals surface area contributed by atoms with Gasteiger partial charge in [0.1, 0.15) is 0 Å². The van der Waals surface area contributed by atoms with Gasteiger partial charge >= 0.3 is 0 Å². The van der Waals surface area contributed by atoms with E-state index in [0.717, 1.165) is 12.3 Å². The summed E-state index contributed by atoms with van der Waals surface area (Å²) in [5.41, 5.74) is 0. The van der Waals surface area contributed by atoms with Crippen LogP contribution in [0.3, 0.4) is 0 Å². The highest BCUT2D eigenvalue weighted by atomic mass is 16.2. The van der Waals surface area contributed by atoms with E-state index in [1.54, 1.807) is 0 Å². The van der Waals surface area contributed by atoms with E-state index in [1.165, 1.54) is 51.4 Å². The van der Waals surface area contributed by atoms with Crippen LogP contribution in [0, 0.1) is 5.92 Å². The Morgan fingerprint density at radius 3 is 1.93 bits per heavy atom. The van der Waals surface area contributed by atoms with E-state index in [1.807, 2.05) is 0 Å². The first-order valence-corrected chi connectivity index (χ1v) is 6.46. The van der Waals surface area contributed by atoms with Crippen molar-refractivity contribution in [3.63, 3.8) is 0 Å². The highest BCUT2D eigenvalue weighted by molar-refractivity contribution is 4.59. The highest BCUT2D eigenvalue weighted by Crippen LogP contribution is 2.21. The Labute approximate surface area is 89.9 Å². The number of aliphatic hydroxyl groups excluding tert-OH is 1. The molecule has 14 heavy (non-hydrogen) atoms. The number of hydrogen-bond acceptors (Lipinski definition) is 1. The van der Waals surface area contributed by atoms with Crippen molar-refractivity contribution in [3.8, 4) is 0 Å². The summed E-state index contributed by atoms with van der Waals surface area (Å²) in [5, 5.41) is 8.72. The van der Waals surface area contributed by atoms with E-state index in [0.29, 0.717) is 6.61 Å². The molecule has 0 aliphatic heterocycles. The van der Waals surface area contributed by atoms with Crippen molar-refractivity contribution in [2.75, 3.05) is 6.61 Å². The second-order valence-corrected chi connectivity index (χ2v) is 4.37. The zero-order chi connectivity index (χ0) is 10.6. The van der Waals surface area contributed by atoms with Gasteiger partial charge in [-0.2, -0.15) is 0 Å². The molecule has 0 aliphatic rings. The summed E-state index contributed by atoms with van der Waals surface area (Å²) in [7, 11) is 0. The molecular weight excluding hydrogens is 172 g/mol. The summed E-state index contributed by atoms with van der Waals surface area (Å²) in [6.07, 6.45) is 11.8. The first kappa shape index (κ1) is 14.0. The fourth-order valence-electron chi connectivity index (χ4n) is 2.07. The van der Waals surface area contributed by atoms with Gasteiger partial charge in [0, 0.05) is 6.61 Å². The molecule has 0 spiro atoms. The molecule has 0 radical (unpaired) electrons. The third-order valence-electron chi connectivity index (χ3n) is 2.93. The molecule has 0 saturated carbocycles. The second-order valence-electron chi connectivity index (χ2n) is 4.37. The normalized spacial score (nSPS) is 13.1. The lowest BCUT2D eigenvalue weighted by molar-refractivity contribution is 0.273. The molecule has 1 atom stereocenters. The molecule has 0 aromatic heterocycles. The number of hydrogen-bond donors (Lipinski definition) is 1. The minimum absolute atomic E-state index is 0.369. The average Bonchev–Trinajstić information content (AvgIpc) is 2.18. The van der Waals surface area contributed by atoms with Crippen molar-refractivity contribution in [1.82, 2.24) is 0 Å². The molecule has 1 N–H and O–H groups in total. The fourth-order valence-corrected chi connectivity index (χ4v) is 2.07. The van der Waals surface area contributed by atoms with Gasteiger partial charge in [0.15, 0.2) is 0 Å². The van der Waals surface area contributed by atoms with Gasteiger partial charge in [0.25, 0.3) is 0 Å². The van der Waals surface area contributed by atoms with Gasteiger partial charge in [-0.3, -0.25) is 0 Å². The van der Waals surface area contributed by atoms with Crippen molar-refractivity contribution < 1.29 is 5.11 Å². The molecule has 0 aromatic rings. The smallest absolute Gasteiger partial charge is 0.0431 e. The van der Waals surface area contributed by atoms with Gasteiger partial charge in [-0.1, -0.05) is 65.2 Å². The van der Waals surface area contributed by atoms with Gasteiger partial charge in [-0.15, -0.1) is 0 Å². The summed E-state index contributed by atoms with van der Waals surface area (Å²) in [6.45, 7) is 4.91. The Bertz CT molecular complexity index is 91.4. The van der Waals surface area contributed by atoms with Crippen LogP contribution in [0.5, 0.6) is 0 Å². The van der Waals surface area contributed by atoms with E-state index in [-0.39, 0.29) is 0 Å². The van der Waals surface area contributed by atoms with Gasteiger partial charge < -0.3 is 5.11 Å². The third kappa shape index (κ3) is 8.55. The van der Waals surface area contributed by atoms with Crippen LogP contribution in [0.2, 0.25) is 0 Å². The summed E-state index contributed by atoms with van der Waals surface area (Å²) in [6, 6.07) is 0. The van der Waals surface area contributed by atoms with Crippen LogP contribution in [0.15, 0.2) is 0 Å². The molecule has 0 aliphatic carbocycles. The minimum Gasteiger partial charge on any atom is -0.396 e. The Morgan fingerprint density at radius 2 is 1.43 bits per heavy atom. The summed E-state index contributed by atoms with van der Waals surface area (Å²) >= 11 is 0. The Morgan fingerprint density at radius 1 is 0.786 bits per heavy atom. The maximum absolute atomic E-state index is 8.72. The molecule has 0 amide bonds. The van der Waals surface area contributed by atoms with Gasteiger partial charge in [-0.05, 0) is 12.3 Å². The van der Waals surface area contributed by atoms with Crippen molar-refractivity contribution >= 4 is 0 Å². The van der Waals surface area contributed by atoms with Crippen molar-refractivity contribution in [2.45, 2.75) is 71.6 Å². The van der Waals surface area contributed by atoms with Crippen LogP contribution >= 0.6 is 0 Å². The highest BCUT2D eigenvalue weighted by Gasteiger charge is 2.06. The molecule has 0 rings (SSSR count). The largest absolute Gasteiger partial charge is 0.396 e. The molecule has 0 bridgehead atoms. The van der Waals surface area contributed by atoms with E-state index in [9.17, 15) is 0 Å². The SMILES string of the molecule is CCCCCC(CCC)CCCCO. The first-order chi connectivity index (χ1) is 6.85. The van der Waals surface area contributed by atoms with Crippen LogP contribution in [0.4, 0.5) is 0 Å². The Kier molecular flexibility index (Phi) is 11.0. The molecule has 86 valence electrons. The Hall–Kier alpha value is -0.0400. The Balaban J connectivity index is 3.44. The van der Waals surface area contributed by atoms with Crippen molar-refractivity contribution in [3.05, 3.63) is 0 Å². The minimum atomic E-state index is 0.369. The van der Waals surface area contributed by atoms with Gasteiger partial charge in [0.05, 0.1) is 0 Å². The van der Waals surface area contributed by atoms with Crippen LogP contribution in [0.1, 0.15) is 71.6 Å². The zero-order valence-corrected chi connectivity index (χ0v) is 10.1. The quantitative estimate of drug-likeness (QED) is 0.525. The number of aliphatic hydroxyl groups is 1. The maximum Gasteiger partial charge on any atom is 0.0431 e. The average molecular weight is 200 g/mol. The van der Waals surface area contributed by atoms with E-state index < -0.39 is 0 Å². The summed E-state index contributed by atoms with van der Waals surface area (Å²) in [4.78, 5) is 0.